The van der Waals surface area contributed by atoms with Gasteiger partial charge >= 0.3 is 5.97 Å². The fourth-order valence-electron chi connectivity index (χ4n) is 2.22. The summed E-state index contributed by atoms with van der Waals surface area (Å²) in [5.41, 5.74) is 2.26. The van der Waals surface area contributed by atoms with Gasteiger partial charge in [-0.05, 0) is 20.3 Å². The second kappa shape index (κ2) is 6.93. The molecule has 0 N–H and O–H groups in total. The second-order valence-corrected chi connectivity index (χ2v) is 4.67. The minimum atomic E-state index is -0.336. The molecule has 2 rings (SSSR count). The molecule has 0 bridgehead atoms. The summed E-state index contributed by atoms with van der Waals surface area (Å²) in [7, 11) is 0. The number of allylic oxidation sites excluding steroid dienone is 1. The highest BCUT2D eigenvalue weighted by Crippen LogP contribution is 2.33. The summed E-state index contributed by atoms with van der Waals surface area (Å²) in [6.07, 6.45) is 4.84. The van der Waals surface area contributed by atoms with Crippen LogP contribution in [-0.4, -0.2) is 12.6 Å². The van der Waals surface area contributed by atoms with Crippen molar-refractivity contribution in [3.63, 3.8) is 0 Å². The highest BCUT2D eigenvalue weighted by molar-refractivity contribution is 5.97. The lowest BCUT2D eigenvalue weighted by molar-refractivity contribution is 0.0524. The zero-order chi connectivity index (χ0) is 15.2. The summed E-state index contributed by atoms with van der Waals surface area (Å²) in [5.74, 6) is 0.959. The van der Waals surface area contributed by atoms with Crippen LogP contribution >= 0.6 is 0 Å². The molecular weight excluding hydrogens is 264 g/mol. The molecule has 0 radical (unpaired) electrons. The van der Waals surface area contributed by atoms with Crippen LogP contribution in [-0.2, 0) is 4.74 Å². The Morgan fingerprint density at radius 2 is 1.95 bits per heavy atom. The summed E-state index contributed by atoms with van der Waals surface area (Å²) >= 11 is 0. The molecule has 1 aromatic heterocycles. The van der Waals surface area contributed by atoms with Crippen LogP contribution in [0.15, 0.2) is 40.8 Å². The summed E-state index contributed by atoms with van der Waals surface area (Å²) < 4.78 is 11.0. The Morgan fingerprint density at radius 1 is 1.24 bits per heavy atom. The van der Waals surface area contributed by atoms with Gasteiger partial charge in [0.2, 0.25) is 0 Å². The molecule has 0 saturated carbocycles. The van der Waals surface area contributed by atoms with Crippen LogP contribution in [0.4, 0.5) is 0 Å². The average molecular weight is 284 g/mol. The molecule has 2 aromatic rings. The van der Waals surface area contributed by atoms with E-state index in [1.54, 1.807) is 13.8 Å². The molecule has 0 spiro atoms. The summed E-state index contributed by atoms with van der Waals surface area (Å²) in [6, 6.07) is 9.79. The number of benzene rings is 1. The van der Waals surface area contributed by atoms with Crippen molar-refractivity contribution in [2.45, 2.75) is 27.2 Å². The Labute approximate surface area is 125 Å². The van der Waals surface area contributed by atoms with Crippen molar-refractivity contribution in [1.29, 1.82) is 0 Å². The normalized spacial score (nSPS) is 11.0. The van der Waals surface area contributed by atoms with E-state index in [1.165, 1.54) is 0 Å². The molecule has 0 atom stereocenters. The van der Waals surface area contributed by atoms with Crippen molar-refractivity contribution in [1.82, 2.24) is 0 Å². The molecule has 1 aromatic carbocycles. The Kier molecular flexibility index (Phi) is 4.99. The van der Waals surface area contributed by atoms with Gasteiger partial charge in [-0.2, -0.15) is 0 Å². The Hall–Kier alpha value is -2.29. The van der Waals surface area contributed by atoms with Crippen LogP contribution in [0.5, 0.6) is 0 Å². The van der Waals surface area contributed by atoms with E-state index in [1.807, 2.05) is 42.5 Å². The smallest absolute Gasteiger partial charge is 0.342 e. The predicted octanol–water partition coefficient (Wildman–Crippen LogP) is 4.85. The van der Waals surface area contributed by atoms with Gasteiger partial charge in [0.1, 0.15) is 17.1 Å². The van der Waals surface area contributed by atoms with E-state index in [4.69, 9.17) is 9.15 Å². The molecular formula is C18H20O3. The predicted molar refractivity (Wildman–Crippen MR) is 84.2 cm³/mol. The lowest BCUT2D eigenvalue weighted by Gasteiger charge is -2.02. The van der Waals surface area contributed by atoms with Gasteiger partial charge in [-0.15, -0.1) is 0 Å². The van der Waals surface area contributed by atoms with Crippen LogP contribution in [0, 0.1) is 6.92 Å². The van der Waals surface area contributed by atoms with Gasteiger partial charge in [-0.1, -0.05) is 49.4 Å². The van der Waals surface area contributed by atoms with Crippen LogP contribution in [0.25, 0.3) is 17.4 Å². The van der Waals surface area contributed by atoms with Gasteiger partial charge < -0.3 is 9.15 Å². The summed E-state index contributed by atoms with van der Waals surface area (Å²) in [4.78, 5) is 12.2. The highest BCUT2D eigenvalue weighted by Gasteiger charge is 2.23. The monoisotopic (exact) mass is 284 g/mol. The third-order valence-corrected chi connectivity index (χ3v) is 3.16. The number of esters is 1. The average Bonchev–Trinajstić information content (AvgIpc) is 2.83. The van der Waals surface area contributed by atoms with Crippen LogP contribution < -0.4 is 0 Å². The molecule has 110 valence electrons. The molecule has 3 nitrogen and oxygen atoms in total. The van der Waals surface area contributed by atoms with Crippen molar-refractivity contribution < 1.29 is 13.9 Å². The van der Waals surface area contributed by atoms with E-state index >= 15 is 0 Å². The maximum absolute atomic E-state index is 12.2. The lowest BCUT2D eigenvalue weighted by Crippen LogP contribution is -2.06. The van der Waals surface area contributed by atoms with E-state index in [9.17, 15) is 4.79 Å². The Morgan fingerprint density at radius 3 is 2.57 bits per heavy atom. The van der Waals surface area contributed by atoms with Crippen molar-refractivity contribution >= 4 is 12.0 Å². The number of ether oxygens (including phenoxy) is 1. The lowest BCUT2D eigenvalue weighted by atomic mass is 10.0. The van der Waals surface area contributed by atoms with Gasteiger partial charge in [0.25, 0.3) is 0 Å². The van der Waals surface area contributed by atoms with E-state index in [0.717, 1.165) is 17.5 Å². The zero-order valence-corrected chi connectivity index (χ0v) is 12.7. The third kappa shape index (κ3) is 3.24. The van der Waals surface area contributed by atoms with Crippen molar-refractivity contribution in [2.24, 2.45) is 0 Å². The Balaban J connectivity index is 2.58. The SMILES string of the molecule is CC/C=C/c1c(-c2ccccc2)oc(C)c1C(=O)OCC. The first-order valence-electron chi connectivity index (χ1n) is 7.21. The van der Waals surface area contributed by atoms with E-state index < -0.39 is 0 Å². The Bertz CT molecular complexity index is 636. The first-order valence-corrected chi connectivity index (χ1v) is 7.21. The first kappa shape index (κ1) is 15.1. The minimum absolute atomic E-state index is 0.336. The quantitative estimate of drug-likeness (QED) is 0.736. The van der Waals surface area contributed by atoms with Gasteiger partial charge in [0, 0.05) is 11.1 Å². The number of aryl methyl sites for hydroxylation is 1. The van der Waals surface area contributed by atoms with Crippen LogP contribution in [0.2, 0.25) is 0 Å². The van der Waals surface area contributed by atoms with Crippen molar-refractivity contribution in [3.8, 4) is 11.3 Å². The highest BCUT2D eigenvalue weighted by atomic mass is 16.5. The van der Waals surface area contributed by atoms with Crippen LogP contribution in [0.1, 0.15) is 41.9 Å². The fourth-order valence-corrected chi connectivity index (χ4v) is 2.22. The molecule has 0 aliphatic rings. The maximum atomic E-state index is 12.2. The molecule has 0 unspecified atom stereocenters. The third-order valence-electron chi connectivity index (χ3n) is 3.16. The van der Waals surface area contributed by atoms with E-state index in [0.29, 0.717) is 23.7 Å². The standard InChI is InChI=1S/C18H20O3/c1-4-6-12-15-16(18(19)20-5-2)13(3)21-17(15)14-10-8-7-9-11-14/h6-12H,4-5H2,1-3H3/b12-6+. The molecule has 1 heterocycles. The van der Waals surface area contributed by atoms with Gasteiger partial charge in [-0.3, -0.25) is 0 Å². The van der Waals surface area contributed by atoms with Gasteiger partial charge in [-0.25, -0.2) is 4.79 Å². The van der Waals surface area contributed by atoms with Crippen molar-refractivity contribution in [2.75, 3.05) is 6.61 Å². The molecule has 0 saturated heterocycles. The zero-order valence-electron chi connectivity index (χ0n) is 12.7. The van der Waals surface area contributed by atoms with E-state index in [2.05, 4.69) is 6.92 Å². The molecule has 0 fully saturated rings. The number of furan rings is 1. The van der Waals surface area contributed by atoms with E-state index in [-0.39, 0.29) is 5.97 Å². The molecule has 21 heavy (non-hydrogen) atoms. The summed E-state index contributed by atoms with van der Waals surface area (Å²) in [6.45, 7) is 5.99. The molecule has 0 aliphatic carbocycles. The second-order valence-electron chi connectivity index (χ2n) is 4.67. The number of hydrogen-bond donors (Lipinski definition) is 0. The minimum Gasteiger partial charge on any atom is -0.462 e. The molecule has 3 heteroatoms. The summed E-state index contributed by atoms with van der Waals surface area (Å²) in [5, 5.41) is 0. The number of rotatable bonds is 5. The van der Waals surface area contributed by atoms with Gasteiger partial charge in [0.15, 0.2) is 0 Å². The number of hydrogen-bond acceptors (Lipinski definition) is 3. The molecule has 0 aliphatic heterocycles. The fraction of sp³-hybridized carbons (Fsp3) is 0.278. The van der Waals surface area contributed by atoms with Crippen LogP contribution in [0.3, 0.4) is 0 Å². The maximum Gasteiger partial charge on any atom is 0.342 e. The van der Waals surface area contributed by atoms with Gasteiger partial charge in [0.05, 0.1) is 6.61 Å². The van der Waals surface area contributed by atoms with Crippen molar-refractivity contribution in [3.05, 3.63) is 53.3 Å². The largest absolute Gasteiger partial charge is 0.462 e. The molecule has 0 amide bonds. The topological polar surface area (TPSA) is 39.4 Å². The number of carbonyl (C=O) groups excluding carboxylic acids is 1. The number of carbonyl (C=O) groups is 1. The first-order chi connectivity index (χ1) is 10.2.